The van der Waals surface area contributed by atoms with E-state index in [0.29, 0.717) is 42.1 Å². The third-order valence-corrected chi connectivity index (χ3v) is 6.98. The van der Waals surface area contributed by atoms with Crippen LogP contribution in [-0.4, -0.2) is 56.2 Å². The van der Waals surface area contributed by atoms with Gasteiger partial charge >= 0.3 is 12.3 Å². The molecular formula is C30H27F3N6O4. The number of aromatic nitrogens is 3. The van der Waals surface area contributed by atoms with Crippen molar-refractivity contribution in [1.82, 2.24) is 19.9 Å². The molecule has 1 aliphatic rings. The van der Waals surface area contributed by atoms with Crippen LogP contribution in [0.5, 0.6) is 5.75 Å². The first kappa shape index (κ1) is 29.3. The molecule has 0 radical (unpaired) electrons. The van der Waals surface area contributed by atoms with Gasteiger partial charge in [0.1, 0.15) is 24.5 Å². The summed E-state index contributed by atoms with van der Waals surface area (Å²) in [6.45, 7) is 2.06. The van der Waals surface area contributed by atoms with E-state index in [0.717, 1.165) is 17.7 Å². The van der Waals surface area contributed by atoms with Crippen LogP contribution < -0.4 is 15.4 Å². The lowest BCUT2D eigenvalue weighted by molar-refractivity contribution is -0.137. The molecule has 2 aromatic carbocycles. The van der Waals surface area contributed by atoms with Crippen molar-refractivity contribution in [3.63, 3.8) is 0 Å². The number of benzene rings is 2. The van der Waals surface area contributed by atoms with Gasteiger partial charge in [0.15, 0.2) is 0 Å². The maximum absolute atomic E-state index is 13.7. The lowest BCUT2D eigenvalue weighted by Gasteiger charge is -2.22. The minimum absolute atomic E-state index is 0.113. The summed E-state index contributed by atoms with van der Waals surface area (Å²) in [5, 5.41) is 15.1. The molecule has 1 saturated heterocycles. The van der Waals surface area contributed by atoms with Gasteiger partial charge in [-0.15, -0.1) is 0 Å². The Bertz CT molecular complexity index is 1630. The molecule has 0 bridgehead atoms. The van der Waals surface area contributed by atoms with Gasteiger partial charge in [-0.25, -0.2) is 19.7 Å². The second-order valence-electron chi connectivity index (χ2n) is 9.93. The van der Waals surface area contributed by atoms with E-state index in [1.54, 1.807) is 42.7 Å². The Morgan fingerprint density at radius 1 is 1.09 bits per heavy atom. The number of rotatable bonds is 8. The maximum Gasteiger partial charge on any atom is 0.416 e. The summed E-state index contributed by atoms with van der Waals surface area (Å²) in [5.74, 6) is -0.288. The van der Waals surface area contributed by atoms with Crippen molar-refractivity contribution in [2.45, 2.75) is 32.0 Å². The maximum atomic E-state index is 13.7. The molecule has 0 aliphatic carbocycles. The van der Waals surface area contributed by atoms with E-state index in [-0.39, 0.29) is 23.6 Å². The Morgan fingerprint density at radius 3 is 2.67 bits per heavy atom. The quantitative estimate of drug-likeness (QED) is 0.215. The molecule has 5 rings (SSSR count). The standard InChI is InChI=1S/C30H27F3N6O4/c1-18-6-7-19(12-26(18)38-27-24(5-2-9-35-27)25-8-10-34-17-36-25)28(40)37-21-13-20(30(31,32)33)14-23(15-21)43-16-22-4-3-11-39(22)29(41)42/h2,5-10,12-15,17,22H,3-4,11,16H2,1H3,(H,35,38)(H,37,40)(H,41,42)/t22-/m0/s1. The lowest BCUT2D eigenvalue weighted by atomic mass is 10.1. The highest BCUT2D eigenvalue weighted by Gasteiger charge is 2.33. The topological polar surface area (TPSA) is 130 Å². The zero-order chi connectivity index (χ0) is 30.6. The Balaban J connectivity index is 1.36. The Morgan fingerprint density at radius 2 is 1.93 bits per heavy atom. The summed E-state index contributed by atoms with van der Waals surface area (Å²) < 4.78 is 46.7. The molecule has 0 unspecified atom stereocenters. The number of hydrogen-bond acceptors (Lipinski definition) is 7. The number of aryl methyl sites for hydroxylation is 1. The molecule has 1 aliphatic heterocycles. The average molecular weight is 593 g/mol. The molecular weight excluding hydrogens is 565 g/mol. The number of carboxylic acid groups (broad SMARTS) is 1. The average Bonchev–Trinajstić information content (AvgIpc) is 3.47. The first-order chi connectivity index (χ1) is 20.6. The number of ether oxygens (including phenoxy) is 1. The van der Waals surface area contributed by atoms with Crippen LogP contribution in [0.15, 0.2) is 73.3 Å². The van der Waals surface area contributed by atoms with Gasteiger partial charge in [0.2, 0.25) is 0 Å². The van der Waals surface area contributed by atoms with Crippen molar-refractivity contribution in [1.29, 1.82) is 0 Å². The van der Waals surface area contributed by atoms with Crippen LogP contribution in [0.4, 0.5) is 35.2 Å². The molecule has 10 nitrogen and oxygen atoms in total. The fraction of sp³-hybridized carbons (Fsp3) is 0.233. The van der Waals surface area contributed by atoms with Crippen LogP contribution >= 0.6 is 0 Å². The van der Waals surface area contributed by atoms with Crippen molar-refractivity contribution in [2.24, 2.45) is 0 Å². The highest BCUT2D eigenvalue weighted by atomic mass is 19.4. The number of alkyl halides is 3. The van der Waals surface area contributed by atoms with Crippen molar-refractivity contribution < 1.29 is 32.6 Å². The van der Waals surface area contributed by atoms with Gasteiger partial charge in [-0.3, -0.25) is 4.79 Å². The fourth-order valence-electron chi connectivity index (χ4n) is 4.76. The van der Waals surface area contributed by atoms with Crippen LogP contribution in [-0.2, 0) is 6.18 Å². The smallest absolute Gasteiger partial charge is 0.416 e. The molecule has 1 fully saturated rings. The highest BCUT2D eigenvalue weighted by molar-refractivity contribution is 6.05. The zero-order valence-electron chi connectivity index (χ0n) is 22.9. The molecule has 43 heavy (non-hydrogen) atoms. The second-order valence-corrected chi connectivity index (χ2v) is 9.93. The number of carbonyl (C=O) groups excluding carboxylic acids is 1. The number of likely N-dealkylation sites (tertiary alicyclic amines) is 1. The number of anilines is 3. The first-order valence-electron chi connectivity index (χ1n) is 13.3. The molecule has 4 aromatic rings. The molecule has 2 aromatic heterocycles. The van der Waals surface area contributed by atoms with Gasteiger partial charge in [-0.1, -0.05) is 6.07 Å². The van der Waals surface area contributed by atoms with Crippen LogP contribution in [0.2, 0.25) is 0 Å². The predicted molar refractivity (Wildman–Crippen MR) is 152 cm³/mol. The number of pyridine rings is 1. The number of hydrogen-bond donors (Lipinski definition) is 3. The summed E-state index contributed by atoms with van der Waals surface area (Å²) >= 11 is 0. The molecule has 3 heterocycles. The summed E-state index contributed by atoms with van der Waals surface area (Å²) in [7, 11) is 0. The minimum Gasteiger partial charge on any atom is -0.491 e. The SMILES string of the molecule is Cc1ccc(C(=O)Nc2cc(OC[C@@H]3CCCN3C(=O)O)cc(C(F)(F)F)c2)cc1Nc1ncccc1-c1ccncn1. The van der Waals surface area contributed by atoms with Gasteiger partial charge in [-0.05, 0) is 67.8 Å². The van der Waals surface area contributed by atoms with Crippen LogP contribution in [0.3, 0.4) is 0 Å². The van der Waals surface area contributed by atoms with Crippen molar-refractivity contribution in [3.05, 3.63) is 90.0 Å². The number of nitrogens with zero attached hydrogens (tertiary/aromatic N) is 4. The lowest BCUT2D eigenvalue weighted by Crippen LogP contribution is -2.38. The zero-order valence-corrected chi connectivity index (χ0v) is 22.9. The van der Waals surface area contributed by atoms with E-state index in [9.17, 15) is 27.9 Å². The van der Waals surface area contributed by atoms with Crippen molar-refractivity contribution in [2.75, 3.05) is 23.8 Å². The molecule has 1 atom stereocenters. The summed E-state index contributed by atoms with van der Waals surface area (Å²) in [6.07, 6.45) is 0.00808. The fourth-order valence-corrected chi connectivity index (χ4v) is 4.76. The second kappa shape index (κ2) is 12.3. The number of nitrogens with one attached hydrogen (secondary N) is 2. The molecule has 0 saturated carbocycles. The van der Waals surface area contributed by atoms with E-state index in [1.807, 2.05) is 13.0 Å². The number of halogens is 3. The third kappa shape index (κ3) is 7.00. The van der Waals surface area contributed by atoms with Gasteiger partial charge in [0, 0.05) is 47.5 Å². The van der Waals surface area contributed by atoms with E-state index in [1.165, 1.54) is 17.3 Å². The van der Waals surface area contributed by atoms with E-state index in [2.05, 4.69) is 25.6 Å². The normalized spacial score (nSPS) is 14.8. The summed E-state index contributed by atoms with van der Waals surface area (Å²) in [4.78, 5) is 38.4. The van der Waals surface area contributed by atoms with Gasteiger partial charge in [0.05, 0.1) is 17.3 Å². The van der Waals surface area contributed by atoms with Crippen LogP contribution in [0.1, 0.15) is 34.3 Å². The van der Waals surface area contributed by atoms with Crippen molar-refractivity contribution >= 4 is 29.2 Å². The molecule has 222 valence electrons. The number of carbonyl (C=O) groups is 2. The number of amides is 2. The summed E-state index contributed by atoms with van der Waals surface area (Å²) in [5.41, 5.74) is 1.77. The minimum atomic E-state index is -4.70. The molecule has 3 N–H and O–H groups in total. The van der Waals surface area contributed by atoms with Gasteiger partial charge in [0.25, 0.3) is 5.91 Å². The largest absolute Gasteiger partial charge is 0.491 e. The monoisotopic (exact) mass is 592 g/mol. The van der Waals surface area contributed by atoms with Gasteiger partial charge < -0.3 is 25.4 Å². The highest BCUT2D eigenvalue weighted by Crippen LogP contribution is 2.35. The first-order valence-corrected chi connectivity index (χ1v) is 13.3. The van der Waals surface area contributed by atoms with Gasteiger partial charge in [-0.2, -0.15) is 13.2 Å². The Labute approximate surface area is 244 Å². The molecule has 13 heteroatoms. The molecule has 0 spiro atoms. The summed E-state index contributed by atoms with van der Waals surface area (Å²) in [6, 6.07) is 12.6. The van der Waals surface area contributed by atoms with E-state index < -0.39 is 29.8 Å². The van der Waals surface area contributed by atoms with Crippen LogP contribution in [0, 0.1) is 6.92 Å². The molecule has 2 amide bonds. The van der Waals surface area contributed by atoms with Crippen LogP contribution in [0.25, 0.3) is 11.3 Å². The third-order valence-electron chi connectivity index (χ3n) is 6.98. The Kier molecular flexibility index (Phi) is 8.41. The van der Waals surface area contributed by atoms with E-state index >= 15 is 0 Å². The Hall–Kier alpha value is -5.20. The van der Waals surface area contributed by atoms with E-state index in [4.69, 9.17) is 4.74 Å². The van der Waals surface area contributed by atoms with Crippen molar-refractivity contribution in [3.8, 4) is 17.0 Å². The predicted octanol–water partition coefficient (Wildman–Crippen LogP) is 6.38.